The number of anilines is 2. The van der Waals surface area contributed by atoms with Crippen molar-refractivity contribution in [3.63, 3.8) is 0 Å². The van der Waals surface area contributed by atoms with Gasteiger partial charge in [0.1, 0.15) is 6.07 Å². The standard InChI is InChI=1S/C15H14ClN5O/c1-19-9-13(8-18-19)21-5-4-20(10-15(21)22)14-6-12(16)3-2-11(14)7-17/h2-3,6,8-9H,4-5,10H2,1H3. The van der Waals surface area contributed by atoms with Crippen LogP contribution in [0.2, 0.25) is 5.02 Å². The molecule has 7 heteroatoms. The maximum Gasteiger partial charge on any atom is 0.246 e. The van der Waals surface area contributed by atoms with E-state index >= 15 is 0 Å². The summed E-state index contributed by atoms with van der Waals surface area (Å²) in [6.45, 7) is 1.39. The second kappa shape index (κ2) is 5.70. The Balaban J connectivity index is 1.82. The lowest BCUT2D eigenvalue weighted by Gasteiger charge is -2.35. The van der Waals surface area contributed by atoms with Gasteiger partial charge in [-0.05, 0) is 18.2 Å². The first-order chi connectivity index (χ1) is 10.6. The van der Waals surface area contributed by atoms with Crippen molar-refractivity contribution in [3.05, 3.63) is 41.2 Å². The Hall–Kier alpha value is -2.52. The first-order valence-corrected chi connectivity index (χ1v) is 7.20. The molecule has 22 heavy (non-hydrogen) atoms. The summed E-state index contributed by atoms with van der Waals surface area (Å²) in [5, 5.41) is 13.9. The Bertz CT molecular complexity index is 764. The SMILES string of the molecule is Cn1cc(N2CCN(c3cc(Cl)ccc3C#N)CC2=O)cn1. The van der Waals surface area contributed by atoms with Crippen LogP contribution in [0.4, 0.5) is 11.4 Å². The number of benzene rings is 1. The molecule has 0 saturated carbocycles. The molecule has 0 radical (unpaired) electrons. The zero-order valence-corrected chi connectivity index (χ0v) is 12.8. The van der Waals surface area contributed by atoms with E-state index in [4.69, 9.17) is 11.6 Å². The minimum absolute atomic E-state index is 0.0249. The molecule has 0 bridgehead atoms. The lowest BCUT2D eigenvalue weighted by atomic mass is 10.1. The van der Waals surface area contributed by atoms with Crippen LogP contribution < -0.4 is 9.80 Å². The smallest absolute Gasteiger partial charge is 0.246 e. The number of piperazine rings is 1. The normalized spacial score (nSPS) is 15.0. The van der Waals surface area contributed by atoms with Gasteiger partial charge in [-0.1, -0.05) is 11.6 Å². The predicted molar refractivity (Wildman–Crippen MR) is 83.9 cm³/mol. The van der Waals surface area contributed by atoms with E-state index in [1.54, 1.807) is 34.0 Å². The van der Waals surface area contributed by atoms with Gasteiger partial charge in [-0.25, -0.2) is 0 Å². The zero-order valence-electron chi connectivity index (χ0n) is 12.0. The lowest BCUT2D eigenvalue weighted by molar-refractivity contribution is -0.117. The van der Waals surface area contributed by atoms with Crippen molar-refractivity contribution in [3.8, 4) is 6.07 Å². The van der Waals surface area contributed by atoms with E-state index in [1.165, 1.54) is 0 Å². The molecule has 0 atom stereocenters. The second-order valence-corrected chi connectivity index (χ2v) is 5.55. The highest BCUT2D eigenvalue weighted by Gasteiger charge is 2.27. The Morgan fingerprint density at radius 1 is 1.36 bits per heavy atom. The third-order valence-electron chi connectivity index (χ3n) is 3.64. The van der Waals surface area contributed by atoms with E-state index in [2.05, 4.69) is 11.2 Å². The third kappa shape index (κ3) is 2.63. The number of hydrogen-bond donors (Lipinski definition) is 0. The van der Waals surface area contributed by atoms with Crippen LogP contribution in [0.3, 0.4) is 0 Å². The van der Waals surface area contributed by atoms with Gasteiger partial charge >= 0.3 is 0 Å². The molecule has 3 rings (SSSR count). The first-order valence-electron chi connectivity index (χ1n) is 6.82. The molecular formula is C15H14ClN5O. The van der Waals surface area contributed by atoms with E-state index in [9.17, 15) is 10.1 Å². The monoisotopic (exact) mass is 315 g/mol. The number of nitrogens with zero attached hydrogens (tertiary/aromatic N) is 5. The highest BCUT2D eigenvalue weighted by atomic mass is 35.5. The van der Waals surface area contributed by atoms with Crippen molar-refractivity contribution in [2.75, 3.05) is 29.4 Å². The van der Waals surface area contributed by atoms with Gasteiger partial charge in [0.25, 0.3) is 0 Å². The maximum atomic E-state index is 12.4. The molecule has 1 aromatic heterocycles. The van der Waals surface area contributed by atoms with Crippen LogP contribution in [0.1, 0.15) is 5.56 Å². The fraction of sp³-hybridized carbons (Fsp3) is 0.267. The number of rotatable bonds is 2. The number of aromatic nitrogens is 2. The topological polar surface area (TPSA) is 65.2 Å². The zero-order chi connectivity index (χ0) is 15.7. The minimum atomic E-state index is -0.0249. The summed E-state index contributed by atoms with van der Waals surface area (Å²) in [5.74, 6) is -0.0249. The van der Waals surface area contributed by atoms with Crippen molar-refractivity contribution in [1.29, 1.82) is 5.26 Å². The molecule has 0 unspecified atom stereocenters. The van der Waals surface area contributed by atoms with E-state index in [0.717, 1.165) is 5.69 Å². The Kier molecular flexibility index (Phi) is 3.73. The molecule has 1 aromatic carbocycles. The van der Waals surface area contributed by atoms with Crippen molar-refractivity contribution in [1.82, 2.24) is 9.78 Å². The molecule has 0 aliphatic carbocycles. The van der Waals surface area contributed by atoms with Crippen molar-refractivity contribution in [2.24, 2.45) is 7.05 Å². The second-order valence-electron chi connectivity index (χ2n) is 5.11. The summed E-state index contributed by atoms with van der Waals surface area (Å²) in [6.07, 6.45) is 3.49. The molecule has 1 aliphatic heterocycles. The number of carbonyl (C=O) groups is 1. The van der Waals surface area contributed by atoms with Crippen LogP contribution in [0.5, 0.6) is 0 Å². The number of hydrogen-bond acceptors (Lipinski definition) is 4. The number of carbonyl (C=O) groups excluding carboxylic acids is 1. The molecule has 1 amide bonds. The van der Waals surface area contributed by atoms with Crippen LogP contribution in [0.25, 0.3) is 0 Å². The van der Waals surface area contributed by atoms with Crippen molar-refractivity contribution in [2.45, 2.75) is 0 Å². The van der Waals surface area contributed by atoms with Gasteiger partial charge in [0.15, 0.2) is 0 Å². The van der Waals surface area contributed by atoms with Crippen LogP contribution >= 0.6 is 11.6 Å². The van der Waals surface area contributed by atoms with Gasteiger partial charge in [-0.3, -0.25) is 9.48 Å². The summed E-state index contributed by atoms with van der Waals surface area (Å²) in [7, 11) is 1.81. The fourth-order valence-electron chi connectivity index (χ4n) is 2.56. The van der Waals surface area contributed by atoms with Crippen LogP contribution in [0, 0.1) is 11.3 Å². The summed E-state index contributed by atoms with van der Waals surface area (Å²) in [4.78, 5) is 16.0. The molecule has 1 aliphatic rings. The number of aryl methyl sites for hydroxylation is 1. The van der Waals surface area contributed by atoms with E-state index in [0.29, 0.717) is 29.4 Å². The summed E-state index contributed by atoms with van der Waals surface area (Å²) in [5.41, 5.74) is 2.01. The number of amides is 1. The van der Waals surface area contributed by atoms with Crippen LogP contribution in [0.15, 0.2) is 30.6 Å². The summed E-state index contributed by atoms with van der Waals surface area (Å²) in [6, 6.07) is 7.23. The summed E-state index contributed by atoms with van der Waals surface area (Å²) < 4.78 is 1.67. The molecule has 1 saturated heterocycles. The quantitative estimate of drug-likeness (QED) is 0.847. The average molecular weight is 316 g/mol. The van der Waals surface area contributed by atoms with Gasteiger partial charge in [-0.2, -0.15) is 10.4 Å². The molecule has 0 spiro atoms. The Morgan fingerprint density at radius 3 is 2.82 bits per heavy atom. The molecule has 112 valence electrons. The van der Waals surface area contributed by atoms with Gasteiger partial charge in [0.05, 0.1) is 29.7 Å². The minimum Gasteiger partial charge on any atom is -0.359 e. The number of nitriles is 1. The third-order valence-corrected chi connectivity index (χ3v) is 3.88. The summed E-state index contributed by atoms with van der Waals surface area (Å²) >= 11 is 6.01. The van der Waals surface area contributed by atoms with E-state index in [-0.39, 0.29) is 12.5 Å². The highest BCUT2D eigenvalue weighted by Crippen LogP contribution is 2.26. The predicted octanol–water partition coefficient (Wildman–Crippen LogP) is 1.80. The molecule has 1 fully saturated rings. The molecule has 2 aromatic rings. The van der Waals surface area contributed by atoms with E-state index < -0.39 is 0 Å². The maximum absolute atomic E-state index is 12.4. The number of halogens is 1. The van der Waals surface area contributed by atoms with Gasteiger partial charge in [-0.15, -0.1) is 0 Å². The fourth-order valence-corrected chi connectivity index (χ4v) is 2.73. The highest BCUT2D eigenvalue weighted by molar-refractivity contribution is 6.30. The van der Waals surface area contributed by atoms with Crippen molar-refractivity contribution >= 4 is 28.9 Å². The first kappa shape index (κ1) is 14.4. The van der Waals surface area contributed by atoms with E-state index in [1.807, 2.05) is 18.1 Å². The van der Waals surface area contributed by atoms with Crippen LogP contribution in [-0.2, 0) is 11.8 Å². The molecule has 6 nitrogen and oxygen atoms in total. The van der Waals surface area contributed by atoms with Gasteiger partial charge in [0.2, 0.25) is 5.91 Å². The van der Waals surface area contributed by atoms with Gasteiger partial charge < -0.3 is 9.80 Å². The average Bonchev–Trinajstić information content (AvgIpc) is 2.93. The van der Waals surface area contributed by atoms with Gasteiger partial charge in [0, 0.05) is 31.4 Å². The molecule has 2 heterocycles. The Morgan fingerprint density at radius 2 is 2.18 bits per heavy atom. The molecular weight excluding hydrogens is 302 g/mol. The largest absolute Gasteiger partial charge is 0.359 e. The van der Waals surface area contributed by atoms with Crippen LogP contribution in [-0.4, -0.2) is 35.3 Å². The lowest BCUT2D eigenvalue weighted by Crippen LogP contribution is -2.50. The molecule has 0 N–H and O–H groups in total. The Labute approximate surface area is 133 Å². The van der Waals surface area contributed by atoms with Crippen molar-refractivity contribution < 1.29 is 4.79 Å².